The average Bonchev–Trinajstić information content (AvgIpc) is 2.74. The van der Waals surface area contributed by atoms with Gasteiger partial charge in [-0.3, -0.25) is 0 Å². The van der Waals surface area contributed by atoms with Crippen molar-refractivity contribution in [2.24, 2.45) is 0 Å². The quantitative estimate of drug-likeness (QED) is 0.895. The summed E-state index contributed by atoms with van der Waals surface area (Å²) in [5.41, 5.74) is 0.973. The first kappa shape index (κ1) is 12.2. The van der Waals surface area contributed by atoms with Crippen LogP contribution >= 0.6 is 22.9 Å². The van der Waals surface area contributed by atoms with Crippen molar-refractivity contribution in [1.29, 1.82) is 0 Å². The zero-order valence-corrected chi connectivity index (χ0v) is 11.0. The van der Waals surface area contributed by atoms with Gasteiger partial charge in [-0.1, -0.05) is 23.7 Å². The lowest BCUT2D eigenvalue weighted by molar-refractivity contribution is 0.341. The highest BCUT2D eigenvalue weighted by Gasteiger charge is 2.03. The van der Waals surface area contributed by atoms with Gasteiger partial charge in [0.15, 0.2) is 0 Å². The summed E-state index contributed by atoms with van der Waals surface area (Å²) in [6, 6.07) is 7.86. The predicted molar refractivity (Wildman–Crippen MR) is 72.1 cm³/mol. The zero-order chi connectivity index (χ0) is 12.1. The van der Waals surface area contributed by atoms with Crippen LogP contribution in [-0.4, -0.2) is 11.6 Å². The van der Waals surface area contributed by atoms with E-state index in [-0.39, 0.29) is 0 Å². The summed E-state index contributed by atoms with van der Waals surface area (Å²) in [7, 11) is 0. The maximum Gasteiger partial charge on any atom is 0.142 e. The lowest BCUT2D eigenvalue weighted by atomic mass is 10.3. The van der Waals surface area contributed by atoms with Crippen molar-refractivity contribution in [2.45, 2.75) is 13.5 Å². The van der Waals surface area contributed by atoms with Crippen LogP contribution in [0.4, 0.5) is 5.69 Å². The molecule has 2 rings (SSSR count). The molecule has 1 aromatic carbocycles. The molecule has 0 aliphatic rings. The molecule has 3 nitrogen and oxygen atoms in total. The van der Waals surface area contributed by atoms with Crippen LogP contribution in [0, 0.1) is 0 Å². The highest BCUT2D eigenvalue weighted by molar-refractivity contribution is 7.15. The van der Waals surface area contributed by atoms with Gasteiger partial charge in [0, 0.05) is 0 Å². The van der Waals surface area contributed by atoms with Crippen molar-refractivity contribution in [3.8, 4) is 5.75 Å². The molecule has 1 N–H and O–H groups in total. The van der Waals surface area contributed by atoms with E-state index in [4.69, 9.17) is 16.3 Å². The molecule has 0 bridgehead atoms. The first-order valence-electron chi connectivity index (χ1n) is 5.35. The van der Waals surface area contributed by atoms with Gasteiger partial charge in [0.1, 0.15) is 15.1 Å². The number of thiazole rings is 1. The van der Waals surface area contributed by atoms with Crippen LogP contribution in [0.5, 0.6) is 5.75 Å². The first-order valence-corrected chi connectivity index (χ1v) is 6.55. The summed E-state index contributed by atoms with van der Waals surface area (Å²) in [5.74, 6) is 0.859. The molecule has 0 atom stereocenters. The number of hydrogen-bond donors (Lipinski definition) is 1. The van der Waals surface area contributed by atoms with Gasteiger partial charge in [-0.15, -0.1) is 11.3 Å². The van der Waals surface area contributed by atoms with E-state index in [1.54, 1.807) is 6.20 Å². The van der Waals surface area contributed by atoms with E-state index in [0.717, 1.165) is 16.4 Å². The van der Waals surface area contributed by atoms with E-state index >= 15 is 0 Å². The Kier molecular flexibility index (Phi) is 4.23. The van der Waals surface area contributed by atoms with E-state index in [0.29, 0.717) is 17.5 Å². The Morgan fingerprint density at radius 1 is 1.41 bits per heavy atom. The Hall–Kier alpha value is -1.26. The van der Waals surface area contributed by atoms with Gasteiger partial charge in [-0.25, -0.2) is 4.98 Å². The smallest absolute Gasteiger partial charge is 0.142 e. The molecule has 0 radical (unpaired) electrons. The lowest BCUT2D eigenvalue weighted by Gasteiger charge is -2.10. The third kappa shape index (κ3) is 3.35. The van der Waals surface area contributed by atoms with Gasteiger partial charge in [0.05, 0.1) is 25.0 Å². The molecule has 0 spiro atoms. The number of hydrogen-bond acceptors (Lipinski definition) is 4. The molecule has 1 heterocycles. The number of rotatable bonds is 5. The number of halogens is 1. The highest BCUT2D eigenvalue weighted by atomic mass is 35.5. The summed E-state index contributed by atoms with van der Waals surface area (Å²) in [5, 5.41) is 4.25. The van der Waals surface area contributed by atoms with Crippen molar-refractivity contribution >= 4 is 28.6 Å². The monoisotopic (exact) mass is 268 g/mol. The molecular formula is C12H13ClN2OS. The number of nitrogens with zero attached hydrogens (tertiary/aromatic N) is 1. The maximum atomic E-state index is 5.83. The third-order valence-electron chi connectivity index (χ3n) is 2.14. The maximum absolute atomic E-state index is 5.83. The first-order chi connectivity index (χ1) is 8.29. The minimum atomic E-state index is 0.654. The second-order valence-corrected chi connectivity index (χ2v) is 5.09. The Morgan fingerprint density at radius 3 is 2.94 bits per heavy atom. The lowest BCUT2D eigenvalue weighted by Crippen LogP contribution is -2.02. The summed E-state index contributed by atoms with van der Waals surface area (Å²) in [6.45, 7) is 3.28. The van der Waals surface area contributed by atoms with E-state index in [1.165, 1.54) is 11.3 Å². The summed E-state index contributed by atoms with van der Waals surface area (Å²) in [4.78, 5) is 4.19. The van der Waals surface area contributed by atoms with Crippen LogP contribution in [-0.2, 0) is 6.54 Å². The minimum absolute atomic E-state index is 0.654. The van der Waals surface area contributed by atoms with Crippen molar-refractivity contribution in [1.82, 2.24) is 4.98 Å². The summed E-state index contributed by atoms with van der Waals surface area (Å²) >= 11 is 7.30. The van der Waals surface area contributed by atoms with Gasteiger partial charge in [0.25, 0.3) is 0 Å². The minimum Gasteiger partial charge on any atom is -0.492 e. The molecule has 0 aliphatic carbocycles. The van der Waals surface area contributed by atoms with E-state index in [9.17, 15) is 0 Å². The Labute approximate surface area is 109 Å². The fraction of sp³-hybridized carbons (Fsp3) is 0.250. The van der Waals surface area contributed by atoms with Crippen LogP contribution in [0.15, 0.2) is 30.5 Å². The fourth-order valence-electron chi connectivity index (χ4n) is 1.43. The van der Waals surface area contributed by atoms with E-state index < -0.39 is 0 Å². The number of ether oxygens (including phenoxy) is 1. The molecule has 90 valence electrons. The molecule has 0 fully saturated rings. The standard InChI is InChI=1S/C12H13ClN2OS/c1-2-16-10-6-4-3-5-9(10)14-8-12-15-7-11(13)17-12/h3-7,14H,2,8H2,1H3. The molecule has 17 heavy (non-hydrogen) atoms. The van der Waals surface area contributed by atoms with Crippen LogP contribution in [0.25, 0.3) is 0 Å². The van der Waals surface area contributed by atoms with E-state index in [1.807, 2.05) is 31.2 Å². The second-order valence-electron chi connectivity index (χ2n) is 3.34. The average molecular weight is 269 g/mol. The van der Waals surface area contributed by atoms with Crippen molar-refractivity contribution in [3.05, 3.63) is 39.8 Å². The van der Waals surface area contributed by atoms with Gasteiger partial charge < -0.3 is 10.1 Å². The van der Waals surface area contributed by atoms with Gasteiger partial charge in [0.2, 0.25) is 0 Å². The molecule has 0 amide bonds. The zero-order valence-electron chi connectivity index (χ0n) is 9.44. The highest BCUT2D eigenvalue weighted by Crippen LogP contribution is 2.25. The van der Waals surface area contributed by atoms with Crippen LogP contribution in [0.1, 0.15) is 11.9 Å². The number of benzene rings is 1. The number of para-hydroxylation sites is 2. The largest absolute Gasteiger partial charge is 0.492 e. The number of nitrogens with one attached hydrogen (secondary N) is 1. The number of anilines is 1. The predicted octanol–water partition coefficient (Wildman–Crippen LogP) is 3.81. The van der Waals surface area contributed by atoms with Crippen LogP contribution in [0.2, 0.25) is 4.34 Å². The Bertz CT molecular complexity index is 487. The van der Waals surface area contributed by atoms with Gasteiger partial charge >= 0.3 is 0 Å². The fourth-order valence-corrected chi connectivity index (χ4v) is 2.33. The third-order valence-corrected chi connectivity index (χ3v) is 3.26. The molecule has 0 unspecified atom stereocenters. The Morgan fingerprint density at radius 2 is 2.24 bits per heavy atom. The molecule has 2 aromatic rings. The number of aromatic nitrogens is 1. The van der Waals surface area contributed by atoms with Crippen molar-refractivity contribution < 1.29 is 4.74 Å². The Balaban J connectivity index is 2.03. The second kappa shape index (κ2) is 5.89. The topological polar surface area (TPSA) is 34.1 Å². The summed E-state index contributed by atoms with van der Waals surface area (Å²) in [6.07, 6.45) is 1.66. The molecule has 5 heteroatoms. The van der Waals surface area contributed by atoms with Crippen molar-refractivity contribution in [3.63, 3.8) is 0 Å². The normalized spacial score (nSPS) is 10.2. The molecule has 0 aliphatic heterocycles. The van der Waals surface area contributed by atoms with Crippen LogP contribution in [0.3, 0.4) is 0 Å². The van der Waals surface area contributed by atoms with Gasteiger partial charge in [-0.05, 0) is 19.1 Å². The molecule has 0 saturated carbocycles. The summed E-state index contributed by atoms with van der Waals surface area (Å²) < 4.78 is 6.23. The van der Waals surface area contributed by atoms with Crippen molar-refractivity contribution in [2.75, 3.05) is 11.9 Å². The molecular weight excluding hydrogens is 256 g/mol. The van der Waals surface area contributed by atoms with Gasteiger partial charge in [-0.2, -0.15) is 0 Å². The SMILES string of the molecule is CCOc1ccccc1NCc1ncc(Cl)s1. The van der Waals surface area contributed by atoms with E-state index in [2.05, 4.69) is 10.3 Å². The van der Waals surface area contributed by atoms with Crippen LogP contribution < -0.4 is 10.1 Å². The molecule has 0 saturated heterocycles. The molecule has 1 aromatic heterocycles.